The van der Waals surface area contributed by atoms with Gasteiger partial charge in [-0.3, -0.25) is 0 Å². The van der Waals surface area contributed by atoms with E-state index in [0.29, 0.717) is 0 Å². The number of anilines is 1. The van der Waals surface area contributed by atoms with Gasteiger partial charge in [-0.25, -0.2) is 4.98 Å². The first-order valence-electron chi connectivity index (χ1n) is 5.19. The summed E-state index contributed by atoms with van der Waals surface area (Å²) in [5.74, 6) is 1.08. The van der Waals surface area contributed by atoms with Crippen LogP contribution in [0.2, 0.25) is 0 Å². The van der Waals surface area contributed by atoms with Crippen LogP contribution in [-0.2, 0) is 0 Å². The number of aromatic nitrogens is 1. The minimum Gasteiger partial charge on any atom is -0.357 e. The molecule has 1 heterocycles. The van der Waals surface area contributed by atoms with Crippen molar-refractivity contribution >= 4 is 5.82 Å². The molecule has 14 heavy (non-hydrogen) atoms. The van der Waals surface area contributed by atoms with Crippen molar-refractivity contribution in [3.05, 3.63) is 24.4 Å². The molecule has 0 aliphatic rings. The third-order valence-electron chi connectivity index (χ3n) is 2.21. The summed E-state index contributed by atoms with van der Waals surface area (Å²) in [5.41, 5.74) is 0. The highest BCUT2D eigenvalue weighted by Crippen LogP contribution is 2.08. The van der Waals surface area contributed by atoms with Gasteiger partial charge in [0.2, 0.25) is 0 Å². The van der Waals surface area contributed by atoms with Gasteiger partial charge in [-0.05, 0) is 39.1 Å². The van der Waals surface area contributed by atoms with Crippen LogP contribution in [0.4, 0.5) is 5.82 Å². The minimum absolute atomic E-state index is 1.01. The molecule has 0 spiro atoms. The van der Waals surface area contributed by atoms with Crippen molar-refractivity contribution in [3.8, 4) is 0 Å². The third kappa shape index (κ3) is 3.34. The second kappa shape index (κ2) is 6.38. The zero-order valence-electron chi connectivity index (χ0n) is 9.03. The predicted molar refractivity (Wildman–Crippen MR) is 60.7 cm³/mol. The molecule has 0 saturated heterocycles. The molecule has 0 amide bonds. The van der Waals surface area contributed by atoms with Gasteiger partial charge < -0.3 is 10.2 Å². The zero-order chi connectivity index (χ0) is 10.2. The van der Waals surface area contributed by atoms with E-state index >= 15 is 0 Å². The number of hydrogen-bond acceptors (Lipinski definition) is 3. The molecule has 0 radical (unpaired) electrons. The monoisotopic (exact) mass is 193 g/mol. The molecule has 0 atom stereocenters. The van der Waals surface area contributed by atoms with E-state index in [-0.39, 0.29) is 0 Å². The quantitative estimate of drug-likeness (QED) is 0.694. The van der Waals surface area contributed by atoms with Crippen molar-refractivity contribution in [2.24, 2.45) is 0 Å². The smallest absolute Gasteiger partial charge is 0.128 e. The lowest BCUT2D eigenvalue weighted by Gasteiger charge is -2.21. The molecule has 0 saturated carbocycles. The highest BCUT2D eigenvalue weighted by Gasteiger charge is 2.02. The van der Waals surface area contributed by atoms with Crippen LogP contribution in [0.15, 0.2) is 24.4 Å². The van der Waals surface area contributed by atoms with E-state index in [9.17, 15) is 0 Å². The number of nitrogens with zero attached hydrogens (tertiary/aromatic N) is 2. The van der Waals surface area contributed by atoms with Gasteiger partial charge in [0.25, 0.3) is 0 Å². The zero-order valence-corrected chi connectivity index (χ0v) is 9.03. The summed E-state index contributed by atoms with van der Waals surface area (Å²) in [5, 5.41) is 3.15. The van der Waals surface area contributed by atoms with Gasteiger partial charge in [-0.2, -0.15) is 0 Å². The van der Waals surface area contributed by atoms with Crippen molar-refractivity contribution in [2.75, 3.05) is 31.6 Å². The molecule has 0 bridgehead atoms. The van der Waals surface area contributed by atoms with Crippen LogP contribution in [0, 0.1) is 0 Å². The van der Waals surface area contributed by atoms with E-state index in [0.717, 1.165) is 31.9 Å². The molecule has 0 fully saturated rings. The highest BCUT2D eigenvalue weighted by atomic mass is 15.2. The van der Waals surface area contributed by atoms with Crippen LogP contribution in [0.25, 0.3) is 0 Å². The molecule has 0 aliphatic carbocycles. The Kier molecular flexibility index (Phi) is 5.00. The number of nitrogens with one attached hydrogen (secondary N) is 1. The average Bonchev–Trinajstić information content (AvgIpc) is 2.26. The summed E-state index contributed by atoms with van der Waals surface area (Å²) in [7, 11) is 1.98. The van der Waals surface area contributed by atoms with Crippen LogP contribution in [0.3, 0.4) is 0 Å². The predicted octanol–water partition coefficient (Wildman–Crippen LogP) is 1.52. The van der Waals surface area contributed by atoms with Gasteiger partial charge >= 0.3 is 0 Å². The average molecular weight is 193 g/mol. The Bertz CT molecular complexity index is 236. The summed E-state index contributed by atoms with van der Waals surface area (Å²) >= 11 is 0. The van der Waals surface area contributed by atoms with E-state index in [1.165, 1.54) is 0 Å². The fourth-order valence-corrected chi connectivity index (χ4v) is 1.42. The van der Waals surface area contributed by atoms with Crippen LogP contribution in [0.1, 0.15) is 13.3 Å². The summed E-state index contributed by atoms with van der Waals surface area (Å²) in [6, 6.07) is 6.04. The standard InChI is InChI=1S/C11H19N3/c1-3-14(10-6-8-12-2)11-7-4-5-9-13-11/h4-5,7,9,12H,3,6,8,10H2,1-2H3. The number of rotatable bonds is 6. The maximum Gasteiger partial charge on any atom is 0.128 e. The second-order valence-electron chi connectivity index (χ2n) is 3.22. The Balaban J connectivity index is 2.46. The Morgan fingerprint density at radius 2 is 2.29 bits per heavy atom. The molecule has 0 unspecified atom stereocenters. The lowest BCUT2D eigenvalue weighted by atomic mass is 10.3. The maximum atomic E-state index is 4.33. The van der Waals surface area contributed by atoms with Crippen molar-refractivity contribution < 1.29 is 0 Å². The van der Waals surface area contributed by atoms with Gasteiger partial charge in [-0.15, -0.1) is 0 Å². The molecule has 1 rings (SSSR count). The Hall–Kier alpha value is -1.09. The molecule has 78 valence electrons. The van der Waals surface area contributed by atoms with Gasteiger partial charge in [0.1, 0.15) is 5.82 Å². The fraction of sp³-hybridized carbons (Fsp3) is 0.545. The Morgan fingerprint density at radius 1 is 1.43 bits per heavy atom. The molecular weight excluding hydrogens is 174 g/mol. The lowest BCUT2D eigenvalue weighted by molar-refractivity contribution is 0.688. The van der Waals surface area contributed by atoms with Crippen molar-refractivity contribution in [3.63, 3.8) is 0 Å². The summed E-state index contributed by atoms with van der Waals surface area (Å²) in [4.78, 5) is 6.62. The van der Waals surface area contributed by atoms with E-state index < -0.39 is 0 Å². The normalized spacial score (nSPS) is 10.1. The van der Waals surface area contributed by atoms with Crippen LogP contribution in [0.5, 0.6) is 0 Å². The summed E-state index contributed by atoms with van der Waals surface area (Å²) in [6.45, 7) is 5.30. The Labute approximate surface area is 86.2 Å². The molecule has 1 N–H and O–H groups in total. The molecule has 0 aliphatic heterocycles. The van der Waals surface area contributed by atoms with E-state index in [1.54, 1.807) is 0 Å². The first-order valence-corrected chi connectivity index (χ1v) is 5.19. The molecule has 1 aromatic rings. The maximum absolute atomic E-state index is 4.33. The largest absolute Gasteiger partial charge is 0.357 e. The topological polar surface area (TPSA) is 28.2 Å². The van der Waals surface area contributed by atoms with Crippen LogP contribution < -0.4 is 10.2 Å². The lowest BCUT2D eigenvalue weighted by Crippen LogP contribution is -2.27. The van der Waals surface area contributed by atoms with Gasteiger partial charge in [0.05, 0.1) is 0 Å². The van der Waals surface area contributed by atoms with E-state index in [2.05, 4.69) is 28.2 Å². The SMILES string of the molecule is CCN(CCCNC)c1ccccn1. The first-order chi connectivity index (χ1) is 6.88. The third-order valence-corrected chi connectivity index (χ3v) is 2.21. The fourth-order valence-electron chi connectivity index (χ4n) is 1.42. The molecule has 3 nitrogen and oxygen atoms in total. The van der Waals surface area contributed by atoms with Crippen molar-refractivity contribution in [1.82, 2.24) is 10.3 Å². The van der Waals surface area contributed by atoms with Crippen LogP contribution >= 0.6 is 0 Å². The summed E-state index contributed by atoms with van der Waals surface area (Å²) < 4.78 is 0. The second-order valence-corrected chi connectivity index (χ2v) is 3.22. The van der Waals surface area contributed by atoms with E-state index in [4.69, 9.17) is 0 Å². The minimum atomic E-state index is 1.01. The van der Waals surface area contributed by atoms with E-state index in [1.807, 2.05) is 25.4 Å². The molecular formula is C11H19N3. The summed E-state index contributed by atoms with van der Waals surface area (Å²) in [6.07, 6.45) is 3.00. The highest BCUT2D eigenvalue weighted by molar-refractivity contribution is 5.37. The van der Waals surface area contributed by atoms with Crippen LogP contribution in [-0.4, -0.2) is 31.7 Å². The first kappa shape index (κ1) is 11.0. The van der Waals surface area contributed by atoms with Gasteiger partial charge in [0, 0.05) is 19.3 Å². The molecule has 1 aromatic heterocycles. The van der Waals surface area contributed by atoms with Crippen molar-refractivity contribution in [1.29, 1.82) is 0 Å². The Morgan fingerprint density at radius 3 is 2.86 bits per heavy atom. The van der Waals surface area contributed by atoms with Gasteiger partial charge in [0.15, 0.2) is 0 Å². The number of pyridine rings is 1. The van der Waals surface area contributed by atoms with Crippen molar-refractivity contribution in [2.45, 2.75) is 13.3 Å². The molecule has 0 aromatic carbocycles. The molecule has 3 heteroatoms. The van der Waals surface area contributed by atoms with Gasteiger partial charge in [-0.1, -0.05) is 6.07 Å². The number of hydrogen-bond donors (Lipinski definition) is 1.